The number of rotatable bonds is 10. The first-order valence-corrected chi connectivity index (χ1v) is 30.9. The van der Waals surface area contributed by atoms with Crippen LogP contribution in [0, 0.1) is 23.7 Å². The standard InChI is InChI=1S/C73H57N3O4S2/c77-70-62-31-15-30-60-65(62)63(71(78)75(70)56-26-13-24-52(40-56)48-20-7-8-21-48)42-54(68(60)81-44-46-16-3-1-4-17-46)36-34-50-32-33-51(59-29-12-11-28-58(50)59)35-37-55-43-64-66-61(69(55)82-45-47-18-5-2-6-19-47)38-39-74-67(66)73(80)76(72(64)79)57-27-14-25-53(41-57)49-22-9-10-23-49/h1-6,13-19,24-27,30-33,38-43,48-49H,7-12,20-23,28-29,44-45H2. The first-order valence-electron chi connectivity index (χ1n) is 28.9. The smallest absolute Gasteiger partial charge is 0.268 e. The molecule has 0 bridgehead atoms. The van der Waals surface area contributed by atoms with Crippen molar-refractivity contribution in [1.82, 2.24) is 4.98 Å². The molecule has 9 heteroatoms. The molecule has 2 fully saturated rings. The van der Waals surface area contributed by atoms with Crippen molar-refractivity contribution in [1.29, 1.82) is 0 Å². The van der Waals surface area contributed by atoms with E-state index in [4.69, 9.17) is 0 Å². The molecule has 0 N–H and O–H groups in total. The van der Waals surface area contributed by atoms with Crippen LogP contribution in [-0.2, 0) is 24.3 Å². The van der Waals surface area contributed by atoms with E-state index in [0.29, 0.717) is 62.2 Å². The Labute approximate surface area is 486 Å². The first-order chi connectivity index (χ1) is 40.3. The van der Waals surface area contributed by atoms with Crippen molar-refractivity contribution < 1.29 is 19.2 Å². The summed E-state index contributed by atoms with van der Waals surface area (Å²) < 4.78 is 0. The molecule has 0 saturated heterocycles. The van der Waals surface area contributed by atoms with Crippen LogP contribution < -0.4 is 9.80 Å². The number of hydrogen-bond donors (Lipinski definition) is 0. The lowest BCUT2D eigenvalue weighted by atomic mass is 9.85. The summed E-state index contributed by atoms with van der Waals surface area (Å²) >= 11 is 3.34. The summed E-state index contributed by atoms with van der Waals surface area (Å²) in [5.74, 6) is 15.2. The molecule has 7 nitrogen and oxygen atoms in total. The zero-order chi connectivity index (χ0) is 55.3. The number of amides is 4. The minimum atomic E-state index is -0.418. The van der Waals surface area contributed by atoms with Crippen molar-refractivity contribution in [2.75, 3.05) is 9.80 Å². The number of hydrogen-bond acceptors (Lipinski definition) is 7. The molecule has 8 aromatic carbocycles. The molecule has 1 aromatic heterocycles. The van der Waals surface area contributed by atoms with Gasteiger partial charge < -0.3 is 0 Å². The monoisotopic (exact) mass is 1100 g/mol. The van der Waals surface area contributed by atoms with Gasteiger partial charge in [0.1, 0.15) is 5.69 Å². The molecule has 2 saturated carbocycles. The molecule has 0 radical (unpaired) electrons. The Bertz CT molecular complexity index is 3980. The van der Waals surface area contributed by atoms with Crippen molar-refractivity contribution in [3.63, 3.8) is 0 Å². The fraction of sp³-hybridized carbons (Fsp3) is 0.219. The van der Waals surface area contributed by atoms with Gasteiger partial charge in [0.2, 0.25) is 0 Å². The van der Waals surface area contributed by atoms with Crippen LogP contribution in [0.4, 0.5) is 11.4 Å². The molecule has 0 atom stereocenters. The fourth-order valence-corrected chi connectivity index (χ4v) is 15.5. The molecule has 14 rings (SSSR count). The molecule has 4 amide bonds. The van der Waals surface area contributed by atoms with E-state index in [1.807, 2.05) is 109 Å². The molecule has 82 heavy (non-hydrogen) atoms. The highest BCUT2D eigenvalue weighted by Crippen LogP contribution is 2.44. The number of pyridine rings is 1. The third-order valence-electron chi connectivity index (χ3n) is 17.4. The van der Waals surface area contributed by atoms with Gasteiger partial charge in [-0.2, -0.15) is 0 Å². The van der Waals surface area contributed by atoms with Gasteiger partial charge >= 0.3 is 0 Å². The van der Waals surface area contributed by atoms with Crippen LogP contribution in [-0.4, -0.2) is 28.6 Å². The Balaban J connectivity index is 0.858. The van der Waals surface area contributed by atoms with Crippen molar-refractivity contribution in [2.45, 2.75) is 110 Å². The van der Waals surface area contributed by atoms with Gasteiger partial charge in [0.15, 0.2) is 0 Å². The number of aromatic nitrogens is 1. The lowest BCUT2D eigenvalue weighted by molar-refractivity contribution is 0.0876. The van der Waals surface area contributed by atoms with Crippen molar-refractivity contribution in [3.05, 3.63) is 242 Å². The second-order valence-corrected chi connectivity index (χ2v) is 24.3. The van der Waals surface area contributed by atoms with Crippen LogP contribution in [0.2, 0.25) is 0 Å². The van der Waals surface area contributed by atoms with E-state index in [2.05, 4.69) is 77.2 Å². The van der Waals surface area contributed by atoms with E-state index in [1.165, 1.54) is 52.2 Å². The van der Waals surface area contributed by atoms with Crippen LogP contribution in [0.5, 0.6) is 0 Å². The predicted octanol–water partition coefficient (Wildman–Crippen LogP) is 16.6. The van der Waals surface area contributed by atoms with Crippen molar-refractivity contribution in [3.8, 4) is 23.7 Å². The highest BCUT2D eigenvalue weighted by atomic mass is 32.2. The highest BCUT2D eigenvalue weighted by molar-refractivity contribution is 7.99. The quantitative estimate of drug-likeness (QED) is 0.0766. The summed E-state index contributed by atoms with van der Waals surface area (Å²) in [7, 11) is 0. The van der Waals surface area contributed by atoms with Crippen LogP contribution in [0.1, 0.15) is 173 Å². The first kappa shape index (κ1) is 51.7. The van der Waals surface area contributed by atoms with Gasteiger partial charge in [0.05, 0.1) is 22.5 Å². The maximum atomic E-state index is 15.0. The lowest BCUT2D eigenvalue weighted by Crippen LogP contribution is -2.41. The van der Waals surface area contributed by atoms with E-state index < -0.39 is 5.91 Å². The number of fused-ring (bicyclic) bond motifs is 1. The molecule has 9 aromatic rings. The lowest BCUT2D eigenvalue weighted by Gasteiger charge is -2.29. The normalized spacial score (nSPS) is 15.9. The highest BCUT2D eigenvalue weighted by Gasteiger charge is 2.38. The molecule has 400 valence electrons. The number of benzene rings is 8. The topological polar surface area (TPSA) is 87.6 Å². The summed E-state index contributed by atoms with van der Waals surface area (Å²) in [4.78, 5) is 68.2. The van der Waals surface area contributed by atoms with Crippen LogP contribution in [0.3, 0.4) is 0 Å². The Morgan fingerprint density at radius 3 is 1.43 bits per heavy atom. The summed E-state index contributed by atoms with van der Waals surface area (Å²) in [6, 6.07) is 52.3. The number of nitrogens with zero attached hydrogens (tertiary/aromatic N) is 3. The average Bonchev–Trinajstić information content (AvgIpc) is 3.69. The zero-order valence-corrected chi connectivity index (χ0v) is 47.1. The van der Waals surface area contributed by atoms with Crippen LogP contribution >= 0.6 is 23.5 Å². The molecule has 0 spiro atoms. The van der Waals surface area contributed by atoms with E-state index >= 15 is 0 Å². The van der Waals surface area contributed by atoms with Crippen LogP contribution in [0.15, 0.2) is 174 Å². The minimum absolute atomic E-state index is 0.267. The van der Waals surface area contributed by atoms with E-state index in [-0.39, 0.29) is 23.4 Å². The van der Waals surface area contributed by atoms with Gasteiger partial charge in [0, 0.05) is 71.5 Å². The van der Waals surface area contributed by atoms with Crippen molar-refractivity contribution >= 4 is 80.1 Å². The van der Waals surface area contributed by atoms with Gasteiger partial charge in [-0.1, -0.05) is 146 Å². The number of thioether (sulfide) groups is 2. The second kappa shape index (κ2) is 22.1. The summed E-state index contributed by atoms with van der Waals surface area (Å²) in [5, 5.41) is 2.88. The Morgan fingerprint density at radius 2 is 0.890 bits per heavy atom. The van der Waals surface area contributed by atoms with E-state index in [9.17, 15) is 19.2 Å². The number of carbonyl (C=O) groups excluding carboxylic acids is 4. The Kier molecular flexibility index (Phi) is 13.9. The van der Waals surface area contributed by atoms with Gasteiger partial charge in [0.25, 0.3) is 23.6 Å². The summed E-state index contributed by atoms with van der Waals surface area (Å²) in [5.41, 5.74) is 13.1. The zero-order valence-electron chi connectivity index (χ0n) is 45.4. The largest absolute Gasteiger partial charge is 0.284 e. The molecule has 3 heterocycles. The van der Waals surface area contributed by atoms with Gasteiger partial charge in [-0.3, -0.25) is 24.2 Å². The Hall–Kier alpha value is -8.47. The minimum Gasteiger partial charge on any atom is -0.268 e. The molecule has 0 unspecified atom stereocenters. The number of carbonyl (C=O) groups is 4. The number of anilines is 2. The van der Waals surface area contributed by atoms with Gasteiger partial charge in [-0.25, -0.2) is 9.80 Å². The molecule has 3 aliphatic carbocycles. The third-order valence-corrected chi connectivity index (χ3v) is 19.8. The van der Waals surface area contributed by atoms with Crippen molar-refractivity contribution in [2.24, 2.45) is 0 Å². The maximum absolute atomic E-state index is 15.0. The SMILES string of the molecule is O=C1c2cccc3c(SCc4ccccc4)c(C#Cc4ccc(C#Cc5cc6c7c(nccc7c5SCc5ccccc5)C(=O)N(c5cccc(C7CCCC7)c5)C6=O)c5c4CCCC5)cc(c23)C(=O)N1c1cccc(C2CCCC2)c1. The third kappa shape index (κ3) is 9.50. The second-order valence-electron chi connectivity index (χ2n) is 22.3. The molecule has 5 aliphatic rings. The average molecular weight is 1100 g/mol. The van der Waals surface area contributed by atoms with Gasteiger partial charge in [-0.05, 0) is 163 Å². The summed E-state index contributed by atoms with van der Waals surface area (Å²) in [6.45, 7) is 0. The van der Waals surface area contributed by atoms with Crippen LogP contribution in [0.25, 0.3) is 21.5 Å². The van der Waals surface area contributed by atoms with Gasteiger partial charge in [-0.15, -0.1) is 23.5 Å². The molecular weight excluding hydrogens is 1050 g/mol. The maximum Gasteiger partial charge on any atom is 0.284 e. The fourth-order valence-electron chi connectivity index (χ4n) is 13.3. The summed E-state index contributed by atoms with van der Waals surface area (Å²) in [6.07, 6.45) is 14.6. The Morgan fingerprint density at radius 1 is 0.427 bits per heavy atom. The molecular formula is C73H57N3O4S2. The molecule has 2 aliphatic heterocycles. The van der Waals surface area contributed by atoms with E-state index in [0.717, 1.165) is 111 Å². The number of imide groups is 2. The predicted molar refractivity (Wildman–Crippen MR) is 330 cm³/mol. The van der Waals surface area contributed by atoms with E-state index in [1.54, 1.807) is 29.7 Å².